The van der Waals surface area contributed by atoms with Gasteiger partial charge in [0.15, 0.2) is 0 Å². The van der Waals surface area contributed by atoms with E-state index in [4.69, 9.17) is 23.1 Å². The molecule has 0 spiro atoms. The van der Waals surface area contributed by atoms with Gasteiger partial charge in [0.05, 0.1) is 5.02 Å². The predicted octanol–water partition coefficient (Wildman–Crippen LogP) is 1.53. The second-order valence-electron chi connectivity index (χ2n) is 4.43. The van der Waals surface area contributed by atoms with Crippen LogP contribution in [0.3, 0.4) is 0 Å². The van der Waals surface area contributed by atoms with Crippen molar-refractivity contribution < 1.29 is 8.42 Å². The number of sulfonamides is 1. The molecule has 0 saturated heterocycles. The standard InChI is InChI=1S/C11H19ClN4O2S.ClH/c1-3-11(14,4-2)7-16-19(17,18)9-5-8(12)6-15-10(9)13;/h5-6,16H,3-4,7,14H2,1-2H3,(H2,13,15);1H. The zero-order valence-electron chi connectivity index (χ0n) is 11.4. The van der Waals surface area contributed by atoms with E-state index in [0.717, 1.165) is 0 Å². The lowest BCUT2D eigenvalue weighted by atomic mass is 9.95. The number of nitrogens with one attached hydrogen (secondary N) is 1. The molecule has 0 atom stereocenters. The van der Waals surface area contributed by atoms with Gasteiger partial charge in [-0.05, 0) is 18.9 Å². The highest BCUT2D eigenvalue weighted by atomic mass is 35.5. The molecule has 0 unspecified atom stereocenters. The Kier molecular flexibility index (Phi) is 7.20. The van der Waals surface area contributed by atoms with Gasteiger partial charge in [0.1, 0.15) is 10.7 Å². The maximum atomic E-state index is 12.1. The summed E-state index contributed by atoms with van der Waals surface area (Å²) in [6, 6.07) is 1.27. The summed E-state index contributed by atoms with van der Waals surface area (Å²) >= 11 is 5.73. The fourth-order valence-corrected chi connectivity index (χ4v) is 2.93. The molecule has 0 aromatic carbocycles. The molecule has 1 heterocycles. The average Bonchev–Trinajstić information content (AvgIpc) is 2.39. The number of rotatable bonds is 6. The maximum Gasteiger partial charge on any atom is 0.244 e. The summed E-state index contributed by atoms with van der Waals surface area (Å²) in [7, 11) is -3.77. The van der Waals surface area contributed by atoms with Crippen LogP contribution in [0.25, 0.3) is 0 Å². The van der Waals surface area contributed by atoms with E-state index in [2.05, 4.69) is 9.71 Å². The van der Waals surface area contributed by atoms with Gasteiger partial charge in [0.2, 0.25) is 10.0 Å². The van der Waals surface area contributed by atoms with Crippen LogP contribution in [-0.4, -0.2) is 25.5 Å². The van der Waals surface area contributed by atoms with Gasteiger partial charge in [-0.2, -0.15) is 0 Å². The first-order valence-corrected chi connectivity index (χ1v) is 7.80. The van der Waals surface area contributed by atoms with Crippen molar-refractivity contribution in [3.8, 4) is 0 Å². The quantitative estimate of drug-likeness (QED) is 0.725. The van der Waals surface area contributed by atoms with E-state index in [1.165, 1.54) is 12.3 Å². The van der Waals surface area contributed by atoms with Crippen LogP contribution in [0.2, 0.25) is 5.02 Å². The molecule has 6 nitrogen and oxygen atoms in total. The number of pyridine rings is 1. The van der Waals surface area contributed by atoms with Crippen LogP contribution < -0.4 is 16.2 Å². The lowest BCUT2D eigenvalue weighted by Gasteiger charge is -2.26. The zero-order chi connectivity index (χ0) is 14.7. The van der Waals surface area contributed by atoms with Crippen LogP contribution in [0.4, 0.5) is 5.82 Å². The van der Waals surface area contributed by atoms with Crippen LogP contribution >= 0.6 is 24.0 Å². The van der Waals surface area contributed by atoms with E-state index in [1.54, 1.807) is 0 Å². The van der Waals surface area contributed by atoms with Crippen molar-refractivity contribution in [1.29, 1.82) is 0 Å². The third-order valence-electron chi connectivity index (χ3n) is 3.16. The van der Waals surface area contributed by atoms with Crippen molar-refractivity contribution in [2.24, 2.45) is 5.73 Å². The van der Waals surface area contributed by atoms with Crippen molar-refractivity contribution in [1.82, 2.24) is 9.71 Å². The molecule has 1 aromatic rings. The Balaban J connectivity index is 0.00000361. The summed E-state index contributed by atoms with van der Waals surface area (Å²) in [6.45, 7) is 3.95. The Labute approximate surface area is 130 Å². The van der Waals surface area contributed by atoms with Crippen molar-refractivity contribution >= 4 is 39.8 Å². The second kappa shape index (κ2) is 7.42. The molecule has 5 N–H and O–H groups in total. The van der Waals surface area contributed by atoms with Gasteiger partial charge in [0.25, 0.3) is 0 Å². The molecule has 20 heavy (non-hydrogen) atoms. The summed E-state index contributed by atoms with van der Waals surface area (Å²) in [5.74, 6) is -0.0903. The van der Waals surface area contributed by atoms with E-state index in [0.29, 0.717) is 12.8 Å². The average molecular weight is 343 g/mol. The van der Waals surface area contributed by atoms with Crippen LogP contribution in [0, 0.1) is 0 Å². The smallest absolute Gasteiger partial charge is 0.244 e. The first-order valence-electron chi connectivity index (χ1n) is 5.93. The Bertz CT molecular complexity index is 547. The number of hydrogen-bond acceptors (Lipinski definition) is 5. The Morgan fingerprint density at radius 2 is 1.95 bits per heavy atom. The third kappa shape index (κ3) is 4.75. The van der Waals surface area contributed by atoms with Crippen LogP contribution in [0.15, 0.2) is 17.2 Å². The molecule has 0 aliphatic rings. The van der Waals surface area contributed by atoms with E-state index >= 15 is 0 Å². The Morgan fingerprint density at radius 3 is 2.45 bits per heavy atom. The molecular formula is C11H20Cl2N4O2S. The SMILES string of the molecule is CCC(N)(CC)CNS(=O)(=O)c1cc(Cl)cnc1N.Cl. The lowest BCUT2D eigenvalue weighted by Crippen LogP contribution is -2.49. The number of nitrogen functional groups attached to an aromatic ring is 1. The first-order chi connectivity index (χ1) is 8.74. The monoisotopic (exact) mass is 342 g/mol. The molecule has 0 saturated carbocycles. The largest absolute Gasteiger partial charge is 0.383 e. The van der Waals surface area contributed by atoms with Crippen molar-refractivity contribution in [3.63, 3.8) is 0 Å². The minimum absolute atomic E-state index is 0. The molecule has 0 fully saturated rings. The maximum absolute atomic E-state index is 12.1. The van der Waals surface area contributed by atoms with Gasteiger partial charge < -0.3 is 11.5 Å². The van der Waals surface area contributed by atoms with E-state index in [9.17, 15) is 8.42 Å². The summed E-state index contributed by atoms with van der Waals surface area (Å²) in [4.78, 5) is 3.60. The summed E-state index contributed by atoms with van der Waals surface area (Å²) in [5, 5.41) is 0.208. The molecular weight excluding hydrogens is 323 g/mol. The van der Waals surface area contributed by atoms with Crippen LogP contribution in [0.5, 0.6) is 0 Å². The molecule has 0 amide bonds. The molecule has 116 valence electrons. The Morgan fingerprint density at radius 1 is 1.40 bits per heavy atom. The number of nitrogens with two attached hydrogens (primary N) is 2. The molecule has 9 heteroatoms. The van der Waals surface area contributed by atoms with Crippen molar-refractivity contribution in [3.05, 3.63) is 17.3 Å². The predicted molar refractivity (Wildman–Crippen MR) is 83.6 cm³/mol. The second-order valence-corrected chi connectivity index (χ2v) is 6.60. The van der Waals surface area contributed by atoms with Crippen molar-refractivity contribution in [2.75, 3.05) is 12.3 Å². The van der Waals surface area contributed by atoms with Gasteiger partial charge in [-0.25, -0.2) is 18.1 Å². The van der Waals surface area contributed by atoms with E-state index in [-0.39, 0.29) is 34.7 Å². The fourth-order valence-electron chi connectivity index (χ4n) is 1.46. The van der Waals surface area contributed by atoms with Crippen LogP contribution in [0.1, 0.15) is 26.7 Å². The molecule has 0 bridgehead atoms. The summed E-state index contributed by atoms with van der Waals surface area (Å²) < 4.78 is 26.7. The zero-order valence-corrected chi connectivity index (χ0v) is 13.8. The first kappa shape index (κ1) is 19.4. The summed E-state index contributed by atoms with van der Waals surface area (Å²) in [5.41, 5.74) is 11.0. The number of halogens is 2. The van der Waals surface area contributed by atoms with Gasteiger partial charge in [-0.15, -0.1) is 12.4 Å². The lowest BCUT2D eigenvalue weighted by molar-refractivity contribution is 0.392. The van der Waals surface area contributed by atoms with Crippen LogP contribution in [-0.2, 0) is 10.0 Å². The minimum Gasteiger partial charge on any atom is -0.383 e. The van der Waals surface area contributed by atoms with Gasteiger partial charge >= 0.3 is 0 Å². The molecule has 1 aromatic heterocycles. The normalized spacial score (nSPS) is 12.0. The number of aromatic nitrogens is 1. The highest BCUT2D eigenvalue weighted by molar-refractivity contribution is 7.89. The Hall–Kier alpha value is -0.600. The van der Waals surface area contributed by atoms with Gasteiger partial charge in [-0.1, -0.05) is 25.4 Å². The topological polar surface area (TPSA) is 111 Å². The van der Waals surface area contributed by atoms with E-state index < -0.39 is 15.6 Å². The van der Waals surface area contributed by atoms with E-state index in [1.807, 2.05) is 13.8 Å². The molecule has 1 rings (SSSR count). The van der Waals surface area contributed by atoms with Gasteiger partial charge in [-0.3, -0.25) is 0 Å². The highest BCUT2D eigenvalue weighted by Crippen LogP contribution is 2.20. The summed E-state index contributed by atoms with van der Waals surface area (Å²) in [6.07, 6.45) is 2.62. The highest BCUT2D eigenvalue weighted by Gasteiger charge is 2.25. The number of anilines is 1. The molecule has 0 radical (unpaired) electrons. The fraction of sp³-hybridized carbons (Fsp3) is 0.545. The third-order valence-corrected chi connectivity index (χ3v) is 4.80. The molecule has 0 aliphatic heterocycles. The molecule has 0 aliphatic carbocycles. The van der Waals surface area contributed by atoms with Crippen molar-refractivity contribution in [2.45, 2.75) is 37.1 Å². The number of nitrogens with zero attached hydrogens (tertiary/aromatic N) is 1. The number of hydrogen-bond donors (Lipinski definition) is 3. The minimum atomic E-state index is -3.77. The van der Waals surface area contributed by atoms with Gasteiger partial charge in [0, 0.05) is 18.3 Å².